The van der Waals surface area contributed by atoms with Crippen LogP contribution in [0.5, 0.6) is 5.75 Å². The van der Waals surface area contributed by atoms with Crippen molar-refractivity contribution < 1.29 is 9.53 Å². The Balaban J connectivity index is 1.95. The summed E-state index contributed by atoms with van der Waals surface area (Å²) in [7, 11) is 1.60. The molecule has 24 heavy (non-hydrogen) atoms. The van der Waals surface area contributed by atoms with Crippen LogP contribution in [0.3, 0.4) is 0 Å². The number of benzene rings is 1. The number of ether oxygens (including phenoxy) is 1. The molecule has 0 amide bonds. The zero-order valence-electron chi connectivity index (χ0n) is 12.9. The Kier molecular flexibility index (Phi) is 6.17. The van der Waals surface area contributed by atoms with Gasteiger partial charge in [0.2, 0.25) is 5.13 Å². The standard InChI is InChI=1S/C15H15N5O2S2/c1-9(17)12(7-16)13(21)8-23-15-20-19-14(24-15)18-10-4-3-5-11(6-10)22-2/h3-6,12H,1,8,17H2,2H3,(H,18,19)/t12-/m0/s1. The number of allylic oxidation sites excluding steroid dienone is 1. The van der Waals surface area contributed by atoms with Crippen molar-refractivity contribution >= 4 is 39.7 Å². The monoisotopic (exact) mass is 361 g/mol. The number of nitrogens with two attached hydrogens (primary N) is 1. The van der Waals surface area contributed by atoms with Gasteiger partial charge >= 0.3 is 0 Å². The molecule has 0 aliphatic heterocycles. The topological polar surface area (TPSA) is 114 Å². The fourth-order valence-electron chi connectivity index (χ4n) is 1.72. The molecule has 124 valence electrons. The van der Waals surface area contributed by atoms with Crippen LogP contribution in [-0.4, -0.2) is 28.8 Å². The van der Waals surface area contributed by atoms with Crippen molar-refractivity contribution in [2.45, 2.75) is 4.34 Å². The van der Waals surface area contributed by atoms with Gasteiger partial charge in [-0.1, -0.05) is 35.7 Å². The average molecular weight is 361 g/mol. The lowest BCUT2D eigenvalue weighted by atomic mass is 10.1. The van der Waals surface area contributed by atoms with Gasteiger partial charge in [0.1, 0.15) is 11.7 Å². The number of aromatic nitrogens is 2. The number of anilines is 2. The van der Waals surface area contributed by atoms with E-state index in [0.29, 0.717) is 9.47 Å². The van der Waals surface area contributed by atoms with Crippen LogP contribution in [-0.2, 0) is 4.79 Å². The average Bonchev–Trinajstić information content (AvgIpc) is 3.01. The fourth-order valence-corrected chi connectivity index (χ4v) is 3.40. The first kappa shape index (κ1) is 17.8. The van der Waals surface area contributed by atoms with Crippen LogP contribution >= 0.6 is 23.1 Å². The van der Waals surface area contributed by atoms with Crippen molar-refractivity contribution in [2.75, 3.05) is 18.2 Å². The molecular weight excluding hydrogens is 346 g/mol. The maximum Gasteiger partial charge on any atom is 0.210 e. The lowest BCUT2D eigenvalue weighted by Gasteiger charge is -2.05. The molecule has 2 aromatic rings. The van der Waals surface area contributed by atoms with Gasteiger partial charge in [-0.15, -0.1) is 10.2 Å². The normalized spacial score (nSPS) is 11.3. The summed E-state index contributed by atoms with van der Waals surface area (Å²) < 4.78 is 5.78. The van der Waals surface area contributed by atoms with Gasteiger partial charge in [-0.2, -0.15) is 5.26 Å². The second-order valence-corrected chi connectivity index (χ2v) is 6.82. The number of nitriles is 1. The van der Waals surface area contributed by atoms with E-state index in [2.05, 4.69) is 22.1 Å². The molecule has 0 unspecified atom stereocenters. The third kappa shape index (κ3) is 4.71. The van der Waals surface area contributed by atoms with Gasteiger partial charge in [-0.25, -0.2) is 0 Å². The Hall–Kier alpha value is -2.57. The first-order valence-electron chi connectivity index (χ1n) is 6.77. The van der Waals surface area contributed by atoms with Crippen molar-refractivity contribution in [1.29, 1.82) is 5.26 Å². The number of ketones is 1. The number of carbonyl (C=O) groups is 1. The predicted octanol–water partition coefficient (Wildman–Crippen LogP) is 2.56. The highest BCUT2D eigenvalue weighted by molar-refractivity contribution is 8.01. The molecule has 2 rings (SSSR count). The number of Topliss-reactive ketones (excluding diaryl/α,β-unsaturated/α-hetero) is 1. The Morgan fingerprint density at radius 3 is 3.04 bits per heavy atom. The van der Waals surface area contributed by atoms with E-state index in [4.69, 9.17) is 15.7 Å². The molecular formula is C15H15N5O2S2. The summed E-state index contributed by atoms with van der Waals surface area (Å²) in [6.45, 7) is 3.45. The van der Waals surface area contributed by atoms with Crippen LogP contribution in [0.25, 0.3) is 0 Å². The molecule has 0 saturated heterocycles. The van der Waals surface area contributed by atoms with E-state index in [1.165, 1.54) is 23.1 Å². The Morgan fingerprint density at radius 2 is 2.38 bits per heavy atom. The zero-order valence-corrected chi connectivity index (χ0v) is 14.5. The van der Waals surface area contributed by atoms with E-state index in [0.717, 1.165) is 11.4 Å². The fraction of sp³-hybridized carbons (Fsp3) is 0.200. The lowest BCUT2D eigenvalue weighted by molar-refractivity contribution is -0.117. The number of nitrogens with one attached hydrogen (secondary N) is 1. The second-order valence-electron chi connectivity index (χ2n) is 4.62. The molecule has 3 N–H and O–H groups in total. The molecule has 0 fully saturated rings. The summed E-state index contributed by atoms with van der Waals surface area (Å²) in [6.07, 6.45) is 0. The molecule has 0 saturated carbocycles. The van der Waals surface area contributed by atoms with Gasteiger partial charge in [-0.05, 0) is 12.1 Å². The van der Waals surface area contributed by atoms with E-state index in [9.17, 15) is 4.79 Å². The number of hydrogen-bond donors (Lipinski definition) is 2. The molecule has 0 aliphatic rings. The molecule has 9 heteroatoms. The number of hydrogen-bond acceptors (Lipinski definition) is 9. The SMILES string of the molecule is C=C(N)[C@H](C#N)C(=O)CSc1nnc(Nc2cccc(OC)c2)s1. The molecule has 0 bridgehead atoms. The first-order valence-corrected chi connectivity index (χ1v) is 8.57. The molecule has 0 radical (unpaired) electrons. The number of methoxy groups -OCH3 is 1. The highest BCUT2D eigenvalue weighted by Gasteiger charge is 2.20. The minimum Gasteiger partial charge on any atom is -0.497 e. The smallest absolute Gasteiger partial charge is 0.210 e. The van der Waals surface area contributed by atoms with Gasteiger partial charge in [-0.3, -0.25) is 4.79 Å². The Morgan fingerprint density at radius 1 is 1.58 bits per heavy atom. The van der Waals surface area contributed by atoms with Gasteiger partial charge in [0.05, 0.1) is 18.9 Å². The molecule has 7 nitrogen and oxygen atoms in total. The summed E-state index contributed by atoms with van der Waals surface area (Å²) in [5, 5.41) is 20.7. The molecule has 1 aromatic carbocycles. The lowest BCUT2D eigenvalue weighted by Crippen LogP contribution is -2.21. The molecule has 0 spiro atoms. The van der Waals surface area contributed by atoms with Crippen LogP contribution in [0, 0.1) is 17.2 Å². The summed E-state index contributed by atoms with van der Waals surface area (Å²) >= 11 is 2.52. The Bertz CT molecular complexity index is 784. The van der Waals surface area contributed by atoms with Gasteiger partial charge in [0, 0.05) is 17.5 Å². The van der Waals surface area contributed by atoms with E-state index in [1.807, 2.05) is 30.3 Å². The van der Waals surface area contributed by atoms with E-state index < -0.39 is 5.92 Å². The maximum absolute atomic E-state index is 11.9. The van der Waals surface area contributed by atoms with E-state index in [1.54, 1.807) is 7.11 Å². The highest BCUT2D eigenvalue weighted by Crippen LogP contribution is 2.29. The number of rotatable bonds is 8. The van der Waals surface area contributed by atoms with Gasteiger partial charge in [0.25, 0.3) is 0 Å². The van der Waals surface area contributed by atoms with Crippen LogP contribution in [0.4, 0.5) is 10.8 Å². The summed E-state index contributed by atoms with van der Waals surface area (Å²) in [5.41, 5.74) is 6.32. The predicted molar refractivity (Wildman–Crippen MR) is 94.3 cm³/mol. The van der Waals surface area contributed by atoms with Crippen molar-refractivity contribution in [3.8, 4) is 11.8 Å². The van der Waals surface area contributed by atoms with Crippen molar-refractivity contribution in [1.82, 2.24) is 10.2 Å². The minimum absolute atomic E-state index is 0.0562. The third-order valence-corrected chi connectivity index (χ3v) is 4.88. The quantitative estimate of drug-likeness (QED) is 0.690. The molecule has 0 aliphatic carbocycles. The van der Waals surface area contributed by atoms with Crippen LogP contribution < -0.4 is 15.8 Å². The highest BCUT2D eigenvalue weighted by atomic mass is 32.2. The number of thioether (sulfide) groups is 1. The third-order valence-electron chi connectivity index (χ3n) is 2.89. The van der Waals surface area contributed by atoms with Crippen LogP contribution in [0.1, 0.15) is 0 Å². The Labute approximate surface area is 147 Å². The summed E-state index contributed by atoms with van der Waals surface area (Å²) in [4.78, 5) is 11.9. The van der Waals surface area contributed by atoms with Crippen LogP contribution in [0.15, 0.2) is 40.9 Å². The van der Waals surface area contributed by atoms with Gasteiger partial charge in [0.15, 0.2) is 10.1 Å². The number of nitrogens with zero attached hydrogens (tertiary/aromatic N) is 3. The number of carbonyl (C=O) groups excluding carboxylic acids is 1. The van der Waals surface area contributed by atoms with Crippen molar-refractivity contribution in [3.05, 3.63) is 36.5 Å². The van der Waals surface area contributed by atoms with Crippen molar-refractivity contribution in [2.24, 2.45) is 11.7 Å². The first-order chi connectivity index (χ1) is 11.5. The maximum atomic E-state index is 11.9. The summed E-state index contributed by atoms with van der Waals surface area (Å²) in [6, 6.07) is 9.26. The largest absolute Gasteiger partial charge is 0.497 e. The minimum atomic E-state index is -0.986. The van der Waals surface area contributed by atoms with Crippen molar-refractivity contribution in [3.63, 3.8) is 0 Å². The van der Waals surface area contributed by atoms with E-state index in [-0.39, 0.29) is 17.2 Å². The molecule has 1 atom stereocenters. The van der Waals surface area contributed by atoms with Crippen LogP contribution in [0.2, 0.25) is 0 Å². The van der Waals surface area contributed by atoms with Gasteiger partial charge < -0.3 is 15.8 Å². The molecule has 1 heterocycles. The van der Waals surface area contributed by atoms with E-state index >= 15 is 0 Å². The summed E-state index contributed by atoms with van der Waals surface area (Å²) in [5.74, 6) is -0.469. The molecule has 1 aromatic heterocycles. The zero-order chi connectivity index (χ0) is 17.5. The second kappa shape index (κ2) is 8.33.